The number of carbonyl (C=O) groups is 2. The van der Waals surface area contributed by atoms with Crippen molar-refractivity contribution in [1.29, 1.82) is 0 Å². The molecule has 7 nitrogen and oxygen atoms in total. The molecule has 0 radical (unpaired) electrons. The Kier molecular flexibility index (Phi) is 5.61. The second kappa shape index (κ2) is 7.80. The second-order valence-electron chi connectivity index (χ2n) is 8.29. The molecular formula is C21H27N3O4. The highest BCUT2D eigenvalue weighted by molar-refractivity contribution is 6.17. The van der Waals surface area contributed by atoms with E-state index < -0.39 is 11.4 Å². The molecule has 0 saturated carbocycles. The molecule has 1 aromatic rings. The number of ether oxygens (including phenoxy) is 2. The zero-order chi connectivity index (χ0) is 20.5. The van der Waals surface area contributed by atoms with Gasteiger partial charge < -0.3 is 24.2 Å². The van der Waals surface area contributed by atoms with Crippen LogP contribution in [0.3, 0.4) is 0 Å². The summed E-state index contributed by atoms with van der Waals surface area (Å²) < 4.78 is 10.8. The number of rotatable bonds is 3. The molecule has 28 heavy (non-hydrogen) atoms. The summed E-state index contributed by atoms with van der Waals surface area (Å²) in [6.07, 6.45) is 2.67. The fourth-order valence-electron chi connectivity index (χ4n) is 3.78. The Balaban J connectivity index is 2.05. The third-order valence-corrected chi connectivity index (χ3v) is 5.19. The summed E-state index contributed by atoms with van der Waals surface area (Å²) in [5, 5.41) is 0. The van der Waals surface area contributed by atoms with Crippen molar-refractivity contribution in [3.8, 4) is 0 Å². The van der Waals surface area contributed by atoms with Crippen molar-refractivity contribution in [2.24, 2.45) is 5.92 Å². The lowest BCUT2D eigenvalue weighted by Gasteiger charge is -2.32. The number of nitrogens with zero attached hydrogens (tertiary/aromatic N) is 2. The summed E-state index contributed by atoms with van der Waals surface area (Å²) in [6, 6.07) is 1.77. The standard InChI is InChI=1S/C21H27N3O4/c1-13(2)28-20(26)15-11-24(19(25)14-6-8-27-9-7-14)12-21(3,4)16-10-17(22-5)23-18(15)16/h10-11,13-14,23H,6-9,12H2,1-4H3. The van der Waals surface area contributed by atoms with E-state index in [1.54, 1.807) is 31.0 Å². The van der Waals surface area contributed by atoms with Gasteiger partial charge in [-0.2, -0.15) is 0 Å². The molecule has 0 atom stereocenters. The maximum Gasteiger partial charge on any atom is 0.344 e. The van der Waals surface area contributed by atoms with E-state index >= 15 is 0 Å². The molecule has 0 bridgehead atoms. The molecular weight excluding hydrogens is 358 g/mol. The Bertz CT molecular complexity index is 838. The van der Waals surface area contributed by atoms with Crippen LogP contribution >= 0.6 is 0 Å². The Morgan fingerprint density at radius 1 is 1.36 bits per heavy atom. The first-order chi connectivity index (χ1) is 13.2. The topological polar surface area (TPSA) is 76.0 Å². The van der Waals surface area contributed by atoms with Gasteiger partial charge in [0.25, 0.3) is 0 Å². The summed E-state index contributed by atoms with van der Waals surface area (Å²) in [7, 11) is 0. The minimum Gasteiger partial charge on any atom is -0.459 e. The molecule has 150 valence electrons. The molecule has 0 spiro atoms. The van der Waals surface area contributed by atoms with E-state index in [0.29, 0.717) is 44.1 Å². The molecule has 0 aliphatic carbocycles. The number of esters is 1. The number of aromatic amines is 1. The summed E-state index contributed by atoms with van der Waals surface area (Å²) >= 11 is 0. The predicted molar refractivity (Wildman–Crippen MR) is 105 cm³/mol. The molecule has 0 unspecified atom stereocenters. The van der Waals surface area contributed by atoms with Crippen LogP contribution in [0.1, 0.15) is 51.8 Å². The van der Waals surface area contributed by atoms with Gasteiger partial charge in [-0.1, -0.05) is 20.4 Å². The lowest BCUT2D eigenvalue weighted by Crippen LogP contribution is -2.41. The van der Waals surface area contributed by atoms with Crippen LogP contribution in [0.2, 0.25) is 0 Å². The summed E-state index contributed by atoms with van der Waals surface area (Å²) in [6.45, 7) is 16.5. The van der Waals surface area contributed by atoms with Crippen molar-refractivity contribution < 1.29 is 19.1 Å². The van der Waals surface area contributed by atoms with E-state index in [1.807, 2.05) is 13.8 Å². The quantitative estimate of drug-likeness (QED) is 0.639. The normalized spacial score (nSPS) is 19.4. The van der Waals surface area contributed by atoms with Crippen LogP contribution < -0.4 is 0 Å². The molecule has 3 heterocycles. The number of carbonyl (C=O) groups excluding carboxylic acids is 2. The number of hydrogen-bond acceptors (Lipinski definition) is 4. The largest absolute Gasteiger partial charge is 0.459 e. The van der Waals surface area contributed by atoms with Gasteiger partial charge in [0, 0.05) is 37.3 Å². The van der Waals surface area contributed by atoms with Crippen LogP contribution in [0.5, 0.6) is 0 Å². The molecule has 1 fully saturated rings. The average Bonchev–Trinajstić information content (AvgIpc) is 3.05. The van der Waals surface area contributed by atoms with Crippen molar-refractivity contribution >= 4 is 23.3 Å². The lowest BCUT2D eigenvalue weighted by atomic mass is 9.83. The van der Waals surface area contributed by atoms with Crippen molar-refractivity contribution in [3.63, 3.8) is 0 Å². The molecule has 1 saturated heterocycles. The highest BCUT2D eigenvalue weighted by atomic mass is 16.5. The lowest BCUT2D eigenvalue weighted by molar-refractivity contribution is -0.140. The highest BCUT2D eigenvalue weighted by Gasteiger charge is 2.39. The molecule has 2 aliphatic rings. The van der Waals surface area contributed by atoms with Gasteiger partial charge in [-0.15, -0.1) is 0 Å². The van der Waals surface area contributed by atoms with E-state index in [9.17, 15) is 9.59 Å². The fraction of sp³-hybridized carbons (Fsp3) is 0.571. The van der Waals surface area contributed by atoms with Gasteiger partial charge in [0.1, 0.15) is 11.3 Å². The summed E-state index contributed by atoms with van der Waals surface area (Å²) in [4.78, 5) is 34.2. The maximum atomic E-state index is 13.2. The van der Waals surface area contributed by atoms with E-state index in [-0.39, 0.29) is 23.5 Å². The Morgan fingerprint density at radius 3 is 2.64 bits per heavy atom. The molecule has 3 rings (SSSR count). The summed E-state index contributed by atoms with van der Waals surface area (Å²) in [5.41, 5.74) is 1.24. The molecule has 2 aliphatic heterocycles. The van der Waals surface area contributed by atoms with Gasteiger partial charge in [-0.05, 0) is 38.3 Å². The number of amides is 1. The van der Waals surface area contributed by atoms with Crippen LogP contribution in [-0.4, -0.2) is 47.6 Å². The molecule has 7 heteroatoms. The molecule has 1 amide bonds. The van der Waals surface area contributed by atoms with Crippen LogP contribution in [-0.2, 0) is 24.5 Å². The zero-order valence-corrected chi connectivity index (χ0v) is 16.9. The number of H-pyrrole nitrogens is 1. The van der Waals surface area contributed by atoms with Crippen LogP contribution in [0, 0.1) is 12.5 Å². The van der Waals surface area contributed by atoms with Crippen LogP contribution in [0.4, 0.5) is 5.82 Å². The monoisotopic (exact) mass is 385 g/mol. The van der Waals surface area contributed by atoms with Gasteiger partial charge in [0.05, 0.1) is 6.10 Å². The third kappa shape index (κ3) is 3.97. The van der Waals surface area contributed by atoms with E-state index in [4.69, 9.17) is 16.0 Å². The Hall–Kier alpha value is -2.59. The van der Waals surface area contributed by atoms with Crippen molar-refractivity contribution in [1.82, 2.24) is 9.88 Å². The first-order valence-corrected chi connectivity index (χ1v) is 9.65. The number of fused-ring (bicyclic) bond motifs is 1. The van der Waals surface area contributed by atoms with Gasteiger partial charge in [-0.25, -0.2) is 4.79 Å². The SMILES string of the molecule is [C-]#[N+]c1cc2c([nH]1)C(C(=O)OC(C)C)=CN(C(=O)C1CCOCC1)CC2(C)C. The van der Waals surface area contributed by atoms with Crippen LogP contribution in [0.15, 0.2) is 12.3 Å². The zero-order valence-electron chi connectivity index (χ0n) is 16.9. The highest BCUT2D eigenvalue weighted by Crippen LogP contribution is 2.38. The van der Waals surface area contributed by atoms with Gasteiger partial charge >= 0.3 is 5.97 Å². The predicted octanol–water partition coefficient (Wildman–Crippen LogP) is 3.40. The maximum absolute atomic E-state index is 13.2. The van der Waals surface area contributed by atoms with E-state index in [0.717, 1.165) is 5.56 Å². The first kappa shape index (κ1) is 20.2. The molecule has 0 aromatic carbocycles. The number of aromatic nitrogens is 1. The Labute approximate surface area is 165 Å². The van der Waals surface area contributed by atoms with Crippen molar-refractivity contribution in [2.75, 3.05) is 19.8 Å². The minimum atomic E-state index is -0.503. The van der Waals surface area contributed by atoms with E-state index in [2.05, 4.69) is 9.83 Å². The van der Waals surface area contributed by atoms with Crippen molar-refractivity contribution in [3.05, 3.63) is 34.9 Å². The first-order valence-electron chi connectivity index (χ1n) is 9.65. The van der Waals surface area contributed by atoms with Crippen LogP contribution in [0.25, 0.3) is 10.4 Å². The van der Waals surface area contributed by atoms with E-state index in [1.165, 1.54) is 0 Å². The smallest absolute Gasteiger partial charge is 0.344 e. The third-order valence-electron chi connectivity index (χ3n) is 5.19. The number of nitrogens with one attached hydrogen (secondary N) is 1. The fourth-order valence-corrected chi connectivity index (χ4v) is 3.78. The second-order valence-corrected chi connectivity index (χ2v) is 8.29. The molecule has 1 aromatic heterocycles. The molecule has 1 N–H and O–H groups in total. The van der Waals surface area contributed by atoms with Crippen molar-refractivity contribution in [2.45, 2.75) is 52.1 Å². The van der Waals surface area contributed by atoms with Gasteiger partial charge in [-0.3, -0.25) is 4.79 Å². The number of hydrogen-bond donors (Lipinski definition) is 1. The summed E-state index contributed by atoms with van der Waals surface area (Å²) in [5.74, 6) is -0.247. The Morgan fingerprint density at radius 2 is 2.04 bits per heavy atom. The average molecular weight is 385 g/mol. The van der Waals surface area contributed by atoms with Gasteiger partial charge in [0.2, 0.25) is 11.7 Å². The van der Waals surface area contributed by atoms with Gasteiger partial charge in [0.15, 0.2) is 0 Å². The minimum absolute atomic E-state index is 0.00165.